The lowest BCUT2D eigenvalue weighted by Gasteiger charge is -2.13. The Balaban J connectivity index is 2.67. The van der Waals surface area contributed by atoms with E-state index in [4.69, 9.17) is 4.74 Å². The monoisotopic (exact) mass is 250 g/mol. The van der Waals surface area contributed by atoms with Gasteiger partial charge in [-0.2, -0.15) is 0 Å². The van der Waals surface area contributed by atoms with Gasteiger partial charge in [0.1, 0.15) is 5.75 Å². The summed E-state index contributed by atoms with van der Waals surface area (Å²) in [5, 5.41) is 0. The highest BCUT2D eigenvalue weighted by molar-refractivity contribution is 5.69. The Kier molecular flexibility index (Phi) is 5.69. The average Bonchev–Trinajstić information content (AvgIpc) is 2.38. The van der Waals surface area contributed by atoms with Gasteiger partial charge in [-0.3, -0.25) is 4.79 Å². The Bertz CT molecular complexity index is 397. The molecule has 0 aliphatic heterocycles. The van der Waals surface area contributed by atoms with Gasteiger partial charge >= 0.3 is 5.97 Å². The molecule has 18 heavy (non-hydrogen) atoms. The van der Waals surface area contributed by atoms with Gasteiger partial charge in [0, 0.05) is 6.42 Å². The zero-order chi connectivity index (χ0) is 13.5. The highest BCUT2D eigenvalue weighted by Gasteiger charge is 2.08. The second-order valence-electron chi connectivity index (χ2n) is 4.66. The molecule has 0 fully saturated rings. The zero-order valence-corrected chi connectivity index (χ0v) is 11.7. The molecule has 0 heterocycles. The topological polar surface area (TPSA) is 35.5 Å². The Morgan fingerprint density at radius 1 is 1.28 bits per heavy atom. The fraction of sp³-hybridized carbons (Fsp3) is 0.533. The van der Waals surface area contributed by atoms with Crippen LogP contribution in [0.5, 0.6) is 5.75 Å². The number of hydrogen-bond donors (Lipinski definition) is 0. The van der Waals surface area contributed by atoms with Crippen molar-refractivity contribution in [1.29, 1.82) is 0 Å². The Morgan fingerprint density at radius 2 is 2.00 bits per heavy atom. The second-order valence-corrected chi connectivity index (χ2v) is 4.66. The van der Waals surface area contributed by atoms with Crippen LogP contribution in [0.15, 0.2) is 18.2 Å². The fourth-order valence-corrected chi connectivity index (χ4v) is 1.93. The van der Waals surface area contributed by atoms with Crippen LogP contribution in [0.4, 0.5) is 0 Å². The molecule has 0 saturated carbocycles. The van der Waals surface area contributed by atoms with Gasteiger partial charge in [-0.15, -0.1) is 0 Å². The molecule has 0 saturated heterocycles. The van der Waals surface area contributed by atoms with Gasteiger partial charge in [-0.1, -0.05) is 26.0 Å². The number of carbonyl (C=O) groups excluding carboxylic acids is 1. The lowest BCUT2D eigenvalue weighted by molar-refractivity contribution is -0.140. The lowest BCUT2D eigenvalue weighted by atomic mass is 9.97. The number of benzene rings is 1. The first-order chi connectivity index (χ1) is 8.58. The SMILES string of the molecule is COC(=O)CCCc1ccc(OC)c(C(C)C)c1. The van der Waals surface area contributed by atoms with Gasteiger partial charge in [-0.25, -0.2) is 0 Å². The third kappa shape index (κ3) is 4.06. The first-order valence-electron chi connectivity index (χ1n) is 6.32. The molecule has 0 N–H and O–H groups in total. The second kappa shape index (κ2) is 7.04. The number of carbonyl (C=O) groups is 1. The summed E-state index contributed by atoms with van der Waals surface area (Å²) in [6.07, 6.45) is 2.18. The number of methoxy groups -OCH3 is 2. The maximum atomic E-state index is 11.0. The Hall–Kier alpha value is -1.51. The predicted molar refractivity (Wildman–Crippen MR) is 72.0 cm³/mol. The molecule has 0 radical (unpaired) electrons. The molecular formula is C15H22O3. The highest BCUT2D eigenvalue weighted by atomic mass is 16.5. The number of aryl methyl sites for hydroxylation is 1. The quantitative estimate of drug-likeness (QED) is 0.727. The van der Waals surface area contributed by atoms with E-state index < -0.39 is 0 Å². The number of esters is 1. The lowest BCUT2D eigenvalue weighted by Crippen LogP contribution is -2.01. The molecule has 0 amide bonds. The van der Waals surface area contributed by atoms with Crippen LogP contribution in [0, 0.1) is 0 Å². The number of hydrogen-bond acceptors (Lipinski definition) is 3. The molecule has 0 unspecified atom stereocenters. The van der Waals surface area contributed by atoms with Gasteiger partial charge in [0.15, 0.2) is 0 Å². The van der Waals surface area contributed by atoms with E-state index in [1.807, 2.05) is 6.07 Å². The molecule has 0 spiro atoms. The molecule has 1 rings (SSSR count). The summed E-state index contributed by atoms with van der Waals surface area (Å²) in [5.41, 5.74) is 2.46. The fourth-order valence-electron chi connectivity index (χ4n) is 1.93. The van der Waals surface area contributed by atoms with Crippen LogP contribution in [0.3, 0.4) is 0 Å². The number of ether oxygens (including phenoxy) is 2. The summed E-state index contributed by atoms with van der Waals surface area (Å²) in [6.45, 7) is 4.30. The van der Waals surface area contributed by atoms with E-state index in [0.717, 1.165) is 18.6 Å². The van der Waals surface area contributed by atoms with Crippen LogP contribution >= 0.6 is 0 Å². The molecule has 0 aromatic heterocycles. The minimum atomic E-state index is -0.146. The van der Waals surface area contributed by atoms with Crippen LogP contribution in [-0.2, 0) is 16.0 Å². The Morgan fingerprint density at radius 3 is 2.56 bits per heavy atom. The van der Waals surface area contributed by atoms with Crippen LogP contribution in [0.1, 0.15) is 43.7 Å². The van der Waals surface area contributed by atoms with Crippen LogP contribution < -0.4 is 4.74 Å². The van der Waals surface area contributed by atoms with E-state index in [1.54, 1.807) is 7.11 Å². The summed E-state index contributed by atoms with van der Waals surface area (Å²) >= 11 is 0. The third-order valence-electron chi connectivity index (χ3n) is 2.99. The molecule has 3 heteroatoms. The summed E-state index contributed by atoms with van der Waals surface area (Å²) in [6, 6.07) is 6.23. The number of rotatable bonds is 6. The maximum Gasteiger partial charge on any atom is 0.305 e. The predicted octanol–water partition coefficient (Wildman–Crippen LogP) is 3.31. The molecule has 100 valence electrons. The van der Waals surface area contributed by atoms with E-state index in [9.17, 15) is 4.79 Å². The zero-order valence-electron chi connectivity index (χ0n) is 11.7. The minimum absolute atomic E-state index is 0.146. The smallest absolute Gasteiger partial charge is 0.305 e. The molecule has 1 aromatic rings. The van der Waals surface area contributed by atoms with Gasteiger partial charge in [0.05, 0.1) is 14.2 Å². The van der Waals surface area contributed by atoms with Crippen LogP contribution in [0.2, 0.25) is 0 Å². The first-order valence-corrected chi connectivity index (χ1v) is 6.32. The van der Waals surface area contributed by atoms with Gasteiger partial charge < -0.3 is 9.47 Å². The van der Waals surface area contributed by atoms with Gasteiger partial charge in [0.2, 0.25) is 0 Å². The molecule has 3 nitrogen and oxygen atoms in total. The van der Waals surface area contributed by atoms with Crippen molar-refractivity contribution in [2.45, 2.75) is 39.0 Å². The summed E-state index contributed by atoms with van der Waals surface area (Å²) < 4.78 is 9.98. The van der Waals surface area contributed by atoms with Crippen molar-refractivity contribution in [3.05, 3.63) is 29.3 Å². The van der Waals surface area contributed by atoms with E-state index in [-0.39, 0.29) is 5.97 Å². The van der Waals surface area contributed by atoms with E-state index in [0.29, 0.717) is 12.3 Å². The normalized spacial score (nSPS) is 10.5. The molecule has 0 aliphatic rings. The summed E-state index contributed by atoms with van der Waals surface area (Å²) in [7, 11) is 3.12. The minimum Gasteiger partial charge on any atom is -0.496 e. The first kappa shape index (κ1) is 14.6. The molecule has 0 atom stereocenters. The Labute approximate surface area is 109 Å². The molecule has 0 bridgehead atoms. The van der Waals surface area contributed by atoms with Gasteiger partial charge in [-0.05, 0) is 36.0 Å². The van der Waals surface area contributed by atoms with E-state index in [2.05, 4.69) is 30.7 Å². The van der Waals surface area contributed by atoms with E-state index >= 15 is 0 Å². The average molecular weight is 250 g/mol. The highest BCUT2D eigenvalue weighted by Crippen LogP contribution is 2.27. The van der Waals surface area contributed by atoms with Crippen LogP contribution in [0.25, 0.3) is 0 Å². The van der Waals surface area contributed by atoms with Crippen LogP contribution in [-0.4, -0.2) is 20.2 Å². The summed E-state index contributed by atoms with van der Waals surface area (Å²) in [5.74, 6) is 1.22. The van der Waals surface area contributed by atoms with Crippen molar-refractivity contribution in [2.75, 3.05) is 14.2 Å². The molecule has 0 aliphatic carbocycles. The standard InChI is InChI=1S/C15H22O3/c1-11(2)13-10-12(8-9-14(13)17-3)6-5-7-15(16)18-4/h8-11H,5-7H2,1-4H3. The van der Waals surface area contributed by atoms with Crippen molar-refractivity contribution in [2.24, 2.45) is 0 Å². The van der Waals surface area contributed by atoms with E-state index in [1.165, 1.54) is 18.2 Å². The van der Waals surface area contributed by atoms with Crippen molar-refractivity contribution in [3.63, 3.8) is 0 Å². The van der Waals surface area contributed by atoms with Crippen molar-refractivity contribution in [3.8, 4) is 5.75 Å². The van der Waals surface area contributed by atoms with Crippen molar-refractivity contribution < 1.29 is 14.3 Å². The molecule has 1 aromatic carbocycles. The molecular weight excluding hydrogens is 228 g/mol. The third-order valence-corrected chi connectivity index (χ3v) is 2.99. The van der Waals surface area contributed by atoms with Crippen molar-refractivity contribution in [1.82, 2.24) is 0 Å². The summed E-state index contributed by atoms with van der Waals surface area (Å²) in [4.78, 5) is 11.0. The van der Waals surface area contributed by atoms with Crippen molar-refractivity contribution >= 4 is 5.97 Å². The largest absolute Gasteiger partial charge is 0.496 e. The maximum absolute atomic E-state index is 11.0. The van der Waals surface area contributed by atoms with Gasteiger partial charge in [0.25, 0.3) is 0 Å².